The molecule has 0 atom stereocenters. The number of benzene rings is 1. The van der Waals surface area contributed by atoms with Gasteiger partial charge in [0.05, 0.1) is 25.2 Å². The normalized spacial score (nSPS) is 20.4. The van der Waals surface area contributed by atoms with E-state index in [1.807, 2.05) is 18.2 Å². The van der Waals surface area contributed by atoms with E-state index in [-0.39, 0.29) is 12.0 Å². The van der Waals surface area contributed by atoms with Crippen LogP contribution in [-0.2, 0) is 4.79 Å². The van der Waals surface area contributed by atoms with E-state index in [1.54, 1.807) is 13.3 Å². The standard InChI is InChI=1S/C16H19N3O3S/c1-21-13-7-6-11(8-14(13)22-12-4-2-3-5-12)9-17-19-16-18-15(20)10-23-16/h6-9,12H,2-5,10H2,1H3,(H,18,19,20). The maximum absolute atomic E-state index is 11.1. The molecular weight excluding hydrogens is 314 g/mol. The highest BCUT2D eigenvalue weighted by molar-refractivity contribution is 8.15. The first-order chi connectivity index (χ1) is 11.2. The number of ether oxygens (including phenoxy) is 2. The Hall–Kier alpha value is -2.02. The molecule has 0 aromatic heterocycles. The minimum atomic E-state index is -0.0411. The first-order valence-electron chi connectivity index (χ1n) is 7.63. The van der Waals surface area contributed by atoms with Crippen LogP contribution in [0, 0.1) is 0 Å². The van der Waals surface area contributed by atoms with E-state index in [2.05, 4.69) is 15.5 Å². The summed E-state index contributed by atoms with van der Waals surface area (Å²) in [6.45, 7) is 0. The Balaban J connectivity index is 1.70. The molecule has 1 aliphatic heterocycles. The molecule has 1 amide bonds. The lowest BCUT2D eigenvalue weighted by Crippen LogP contribution is -2.19. The van der Waals surface area contributed by atoms with Gasteiger partial charge < -0.3 is 14.8 Å². The summed E-state index contributed by atoms with van der Waals surface area (Å²) in [5.74, 6) is 1.81. The molecule has 0 spiro atoms. The van der Waals surface area contributed by atoms with Crippen molar-refractivity contribution in [3.05, 3.63) is 23.8 Å². The van der Waals surface area contributed by atoms with E-state index in [0.29, 0.717) is 10.9 Å². The maximum Gasteiger partial charge on any atom is 0.236 e. The summed E-state index contributed by atoms with van der Waals surface area (Å²) < 4.78 is 11.4. The lowest BCUT2D eigenvalue weighted by atomic mass is 10.2. The van der Waals surface area contributed by atoms with E-state index in [4.69, 9.17) is 9.47 Å². The summed E-state index contributed by atoms with van der Waals surface area (Å²) in [5, 5.41) is 11.2. The monoisotopic (exact) mass is 333 g/mol. The molecule has 1 heterocycles. The molecule has 23 heavy (non-hydrogen) atoms. The molecule has 6 nitrogen and oxygen atoms in total. The third-order valence-corrected chi connectivity index (χ3v) is 4.59. The molecule has 0 radical (unpaired) electrons. The van der Waals surface area contributed by atoms with Gasteiger partial charge in [0.2, 0.25) is 5.91 Å². The van der Waals surface area contributed by atoms with Gasteiger partial charge in [0.25, 0.3) is 0 Å². The van der Waals surface area contributed by atoms with Crippen LogP contribution in [0.5, 0.6) is 11.5 Å². The van der Waals surface area contributed by atoms with Crippen molar-refractivity contribution in [3.8, 4) is 11.5 Å². The van der Waals surface area contributed by atoms with Crippen LogP contribution in [0.25, 0.3) is 0 Å². The summed E-state index contributed by atoms with van der Waals surface area (Å²) in [7, 11) is 1.64. The van der Waals surface area contributed by atoms with Crippen molar-refractivity contribution in [1.29, 1.82) is 0 Å². The molecule has 0 unspecified atom stereocenters. The number of hydrogen-bond acceptors (Lipinski definition) is 6. The number of nitrogens with zero attached hydrogens (tertiary/aromatic N) is 2. The van der Waals surface area contributed by atoms with Gasteiger partial charge in [0.1, 0.15) is 0 Å². The lowest BCUT2D eigenvalue weighted by molar-refractivity contribution is -0.116. The molecule has 1 N–H and O–H groups in total. The molecule has 7 heteroatoms. The summed E-state index contributed by atoms with van der Waals surface area (Å²) in [6, 6.07) is 5.66. The van der Waals surface area contributed by atoms with E-state index in [0.717, 1.165) is 29.9 Å². The molecule has 0 bridgehead atoms. The van der Waals surface area contributed by atoms with E-state index in [1.165, 1.54) is 24.6 Å². The molecule has 1 aliphatic carbocycles. The number of nitrogens with one attached hydrogen (secondary N) is 1. The van der Waals surface area contributed by atoms with Gasteiger partial charge in [0.15, 0.2) is 16.7 Å². The van der Waals surface area contributed by atoms with Crippen LogP contribution in [0.15, 0.2) is 28.4 Å². The quantitative estimate of drug-likeness (QED) is 0.664. The molecule has 1 saturated carbocycles. The first kappa shape index (κ1) is 15.9. The molecule has 2 aliphatic rings. The predicted octanol–water partition coefficient (Wildman–Crippen LogP) is 2.57. The highest BCUT2D eigenvalue weighted by atomic mass is 32.2. The smallest absolute Gasteiger partial charge is 0.236 e. The SMILES string of the molecule is COc1ccc(C=NN=C2NC(=O)CS2)cc1OC1CCCC1. The fourth-order valence-corrected chi connectivity index (χ4v) is 3.21. The predicted molar refractivity (Wildman–Crippen MR) is 91.5 cm³/mol. The maximum atomic E-state index is 11.1. The Kier molecular flexibility index (Phi) is 5.17. The zero-order valence-electron chi connectivity index (χ0n) is 12.9. The van der Waals surface area contributed by atoms with Crippen molar-refractivity contribution >= 4 is 29.1 Å². The number of amides is 1. The fourth-order valence-electron chi connectivity index (χ4n) is 2.58. The summed E-state index contributed by atoms with van der Waals surface area (Å²) >= 11 is 1.35. The Morgan fingerprint density at radius 2 is 2.13 bits per heavy atom. The highest BCUT2D eigenvalue weighted by Gasteiger charge is 2.18. The fraction of sp³-hybridized carbons (Fsp3) is 0.438. The first-order valence-corrected chi connectivity index (χ1v) is 8.61. The number of thioether (sulfide) groups is 1. The average molecular weight is 333 g/mol. The van der Waals surface area contributed by atoms with Gasteiger partial charge in [-0.1, -0.05) is 11.8 Å². The van der Waals surface area contributed by atoms with Gasteiger partial charge in [-0.2, -0.15) is 5.10 Å². The van der Waals surface area contributed by atoms with E-state index < -0.39 is 0 Å². The van der Waals surface area contributed by atoms with Gasteiger partial charge in [-0.15, -0.1) is 5.10 Å². The third-order valence-electron chi connectivity index (χ3n) is 3.73. The number of methoxy groups -OCH3 is 1. The highest BCUT2D eigenvalue weighted by Crippen LogP contribution is 2.32. The number of carbonyl (C=O) groups is 1. The van der Waals surface area contributed by atoms with Crippen LogP contribution in [0.2, 0.25) is 0 Å². The molecular formula is C16H19N3O3S. The molecule has 2 fully saturated rings. The van der Waals surface area contributed by atoms with E-state index >= 15 is 0 Å². The summed E-state index contributed by atoms with van der Waals surface area (Å²) in [5.41, 5.74) is 0.873. The Morgan fingerprint density at radius 3 is 2.83 bits per heavy atom. The zero-order chi connectivity index (χ0) is 16.1. The molecule has 3 rings (SSSR count). The number of hydrogen-bond donors (Lipinski definition) is 1. The van der Waals surface area contributed by atoms with Gasteiger partial charge in [0, 0.05) is 0 Å². The van der Waals surface area contributed by atoms with Crippen LogP contribution < -0.4 is 14.8 Å². The minimum Gasteiger partial charge on any atom is -0.493 e. The van der Waals surface area contributed by atoms with Gasteiger partial charge in [-0.05, 0) is 49.4 Å². The topological polar surface area (TPSA) is 72.3 Å². The largest absolute Gasteiger partial charge is 0.493 e. The molecule has 1 aromatic rings. The lowest BCUT2D eigenvalue weighted by Gasteiger charge is -2.16. The van der Waals surface area contributed by atoms with E-state index in [9.17, 15) is 4.79 Å². The second kappa shape index (κ2) is 7.50. The Bertz CT molecular complexity index is 639. The molecule has 1 saturated heterocycles. The van der Waals surface area contributed by atoms with Crippen LogP contribution in [-0.4, -0.2) is 36.3 Å². The van der Waals surface area contributed by atoms with Crippen LogP contribution in [0.4, 0.5) is 0 Å². The van der Waals surface area contributed by atoms with Crippen molar-refractivity contribution in [2.45, 2.75) is 31.8 Å². The summed E-state index contributed by atoms with van der Waals surface area (Å²) in [6.07, 6.45) is 6.52. The van der Waals surface area contributed by atoms with Gasteiger partial charge in [-0.3, -0.25) is 4.79 Å². The van der Waals surface area contributed by atoms with Crippen molar-refractivity contribution in [1.82, 2.24) is 5.32 Å². The number of amidine groups is 1. The van der Waals surface area contributed by atoms with Crippen molar-refractivity contribution in [2.24, 2.45) is 10.2 Å². The Labute approximate surface area is 139 Å². The number of rotatable bonds is 5. The number of carbonyl (C=O) groups excluding carboxylic acids is 1. The van der Waals surface area contributed by atoms with Crippen molar-refractivity contribution < 1.29 is 14.3 Å². The second-order valence-corrected chi connectivity index (χ2v) is 6.39. The van der Waals surface area contributed by atoms with Gasteiger partial charge >= 0.3 is 0 Å². The Morgan fingerprint density at radius 1 is 1.30 bits per heavy atom. The molecule has 122 valence electrons. The van der Waals surface area contributed by atoms with Crippen LogP contribution in [0.3, 0.4) is 0 Å². The van der Waals surface area contributed by atoms with Gasteiger partial charge in [-0.25, -0.2) is 0 Å². The van der Waals surface area contributed by atoms with Crippen molar-refractivity contribution in [3.63, 3.8) is 0 Å². The third kappa shape index (κ3) is 4.25. The van der Waals surface area contributed by atoms with Crippen molar-refractivity contribution in [2.75, 3.05) is 12.9 Å². The minimum absolute atomic E-state index is 0.0411. The zero-order valence-corrected chi connectivity index (χ0v) is 13.8. The van der Waals surface area contributed by atoms with Crippen LogP contribution >= 0.6 is 11.8 Å². The summed E-state index contributed by atoms with van der Waals surface area (Å²) in [4.78, 5) is 11.1. The molecule has 1 aromatic carbocycles. The second-order valence-electron chi connectivity index (χ2n) is 5.42. The average Bonchev–Trinajstić information content (AvgIpc) is 3.20. The van der Waals surface area contributed by atoms with Crippen LogP contribution in [0.1, 0.15) is 31.2 Å².